The van der Waals surface area contributed by atoms with E-state index in [4.69, 9.17) is 10.5 Å². The molecule has 0 bridgehead atoms. The molecule has 5 heteroatoms. The van der Waals surface area contributed by atoms with Crippen LogP contribution in [0.1, 0.15) is 23.2 Å². The van der Waals surface area contributed by atoms with E-state index < -0.39 is 0 Å². The molecule has 2 rings (SSSR count). The van der Waals surface area contributed by atoms with Gasteiger partial charge in [-0.25, -0.2) is 0 Å². The van der Waals surface area contributed by atoms with Gasteiger partial charge in [-0.3, -0.25) is 4.79 Å². The Bertz CT molecular complexity index is 441. The summed E-state index contributed by atoms with van der Waals surface area (Å²) in [6.07, 6.45) is 1.79. The Balaban J connectivity index is 2.14. The summed E-state index contributed by atoms with van der Waals surface area (Å²) in [5.41, 5.74) is 5.56. The zero-order valence-corrected chi connectivity index (χ0v) is 9.69. The summed E-state index contributed by atoms with van der Waals surface area (Å²) >= 11 is 0. The highest BCUT2D eigenvalue weighted by Gasteiger charge is 2.42. The van der Waals surface area contributed by atoms with Gasteiger partial charge in [-0.15, -0.1) is 0 Å². The number of nitrogens with one attached hydrogen (secondary N) is 1. The van der Waals surface area contributed by atoms with Crippen LogP contribution >= 0.6 is 0 Å². The lowest BCUT2D eigenvalue weighted by Crippen LogP contribution is -2.42. The van der Waals surface area contributed by atoms with E-state index in [2.05, 4.69) is 5.32 Å². The lowest BCUT2D eigenvalue weighted by Gasteiger charge is -2.15. The van der Waals surface area contributed by atoms with Crippen molar-refractivity contribution in [2.45, 2.75) is 18.4 Å². The first-order valence-electron chi connectivity index (χ1n) is 5.50. The number of methoxy groups -OCH3 is 1. The molecule has 92 valence electrons. The van der Waals surface area contributed by atoms with Crippen molar-refractivity contribution >= 4 is 5.91 Å². The van der Waals surface area contributed by atoms with Gasteiger partial charge in [0.2, 0.25) is 0 Å². The minimum absolute atomic E-state index is 0.0883. The smallest absolute Gasteiger partial charge is 0.255 e. The second-order valence-electron chi connectivity index (χ2n) is 4.32. The number of rotatable bonds is 4. The maximum atomic E-state index is 11.9. The van der Waals surface area contributed by atoms with Crippen molar-refractivity contribution in [2.75, 3.05) is 13.7 Å². The maximum Gasteiger partial charge on any atom is 0.255 e. The van der Waals surface area contributed by atoms with Gasteiger partial charge in [-0.05, 0) is 25.0 Å². The van der Waals surface area contributed by atoms with Crippen molar-refractivity contribution in [3.63, 3.8) is 0 Å². The molecular weight excluding hydrogens is 220 g/mol. The summed E-state index contributed by atoms with van der Waals surface area (Å²) in [7, 11) is 1.50. The fourth-order valence-electron chi connectivity index (χ4n) is 1.67. The molecule has 0 radical (unpaired) electrons. The van der Waals surface area contributed by atoms with Crippen molar-refractivity contribution in [3.8, 4) is 11.5 Å². The predicted molar refractivity (Wildman–Crippen MR) is 63.1 cm³/mol. The maximum absolute atomic E-state index is 11.9. The molecule has 5 nitrogen and oxygen atoms in total. The molecular formula is C12H16N2O3. The predicted octanol–water partition coefficient (Wildman–Crippen LogP) is 0.622. The van der Waals surface area contributed by atoms with E-state index in [1.54, 1.807) is 6.07 Å². The number of amides is 1. The van der Waals surface area contributed by atoms with Crippen LogP contribution in [0.4, 0.5) is 0 Å². The second-order valence-corrected chi connectivity index (χ2v) is 4.32. The fourth-order valence-corrected chi connectivity index (χ4v) is 1.67. The normalized spacial score (nSPS) is 16.4. The Morgan fingerprint density at radius 1 is 1.59 bits per heavy atom. The van der Waals surface area contributed by atoms with Crippen LogP contribution < -0.4 is 15.8 Å². The van der Waals surface area contributed by atoms with E-state index in [1.165, 1.54) is 19.2 Å². The molecule has 1 saturated carbocycles. The van der Waals surface area contributed by atoms with Gasteiger partial charge >= 0.3 is 0 Å². The molecule has 1 fully saturated rings. The van der Waals surface area contributed by atoms with E-state index in [0.29, 0.717) is 12.3 Å². The third kappa shape index (κ3) is 2.34. The molecule has 0 saturated heterocycles. The van der Waals surface area contributed by atoms with Gasteiger partial charge in [-0.1, -0.05) is 0 Å². The summed E-state index contributed by atoms with van der Waals surface area (Å²) < 4.78 is 4.95. The van der Waals surface area contributed by atoms with Crippen molar-refractivity contribution < 1.29 is 14.6 Å². The number of carbonyl (C=O) groups excluding carboxylic acids is 1. The Morgan fingerprint density at radius 2 is 2.29 bits per heavy atom. The average Bonchev–Trinajstić information content (AvgIpc) is 3.09. The van der Waals surface area contributed by atoms with Crippen LogP contribution in [-0.4, -0.2) is 30.2 Å². The van der Waals surface area contributed by atoms with Crippen molar-refractivity contribution in [1.29, 1.82) is 0 Å². The average molecular weight is 236 g/mol. The van der Waals surface area contributed by atoms with E-state index in [9.17, 15) is 9.90 Å². The SMILES string of the molecule is COc1ccc(C(=O)NC2(CN)CC2)c(O)c1. The molecule has 0 aliphatic heterocycles. The lowest BCUT2D eigenvalue weighted by molar-refractivity contribution is 0.0930. The first-order valence-corrected chi connectivity index (χ1v) is 5.50. The van der Waals surface area contributed by atoms with E-state index in [0.717, 1.165) is 12.8 Å². The number of hydrogen-bond acceptors (Lipinski definition) is 4. The molecule has 1 amide bonds. The van der Waals surface area contributed by atoms with Crippen molar-refractivity contribution in [1.82, 2.24) is 5.32 Å². The van der Waals surface area contributed by atoms with Crippen LogP contribution in [0.2, 0.25) is 0 Å². The number of ether oxygens (including phenoxy) is 1. The number of nitrogens with two attached hydrogens (primary N) is 1. The number of hydrogen-bond donors (Lipinski definition) is 3. The first-order chi connectivity index (χ1) is 8.10. The summed E-state index contributed by atoms with van der Waals surface area (Å²) in [4.78, 5) is 11.9. The number of aromatic hydroxyl groups is 1. The molecule has 0 heterocycles. The quantitative estimate of drug-likeness (QED) is 0.715. The molecule has 17 heavy (non-hydrogen) atoms. The highest BCUT2D eigenvalue weighted by molar-refractivity contribution is 5.97. The lowest BCUT2D eigenvalue weighted by atomic mass is 10.1. The highest BCUT2D eigenvalue weighted by atomic mass is 16.5. The fraction of sp³-hybridized carbons (Fsp3) is 0.417. The standard InChI is InChI=1S/C12H16N2O3/c1-17-8-2-3-9(10(15)6-8)11(16)14-12(7-13)4-5-12/h2-3,6,15H,4-5,7,13H2,1H3,(H,14,16). The van der Waals surface area contributed by atoms with Gasteiger partial charge in [-0.2, -0.15) is 0 Å². The molecule has 4 N–H and O–H groups in total. The molecule has 1 aliphatic carbocycles. The van der Waals surface area contributed by atoms with Crippen LogP contribution in [0.5, 0.6) is 11.5 Å². The van der Waals surface area contributed by atoms with Crippen LogP contribution in [0.25, 0.3) is 0 Å². The minimum atomic E-state index is -0.298. The summed E-state index contributed by atoms with van der Waals surface area (Å²) in [6, 6.07) is 4.59. The topological polar surface area (TPSA) is 84.6 Å². The molecule has 0 aromatic heterocycles. The zero-order valence-electron chi connectivity index (χ0n) is 9.69. The first kappa shape index (κ1) is 11.7. The van der Waals surface area contributed by atoms with Crippen molar-refractivity contribution in [3.05, 3.63) is 23.8 Å². The monoisotopic (exact) mass is 236 g/mol. The van der Waals surface area contributed by atoms with E-state index >= 15 is 0 Å². The molecule has 0 atom stereocenters. The van der Waals surface area contributed by atoms with Crippen LogP contribution in [0, 0.1) is 0 Å². The summed E-state index contributed by atoms with van der Waals surface area (Å²) in [6.45, 7) is 0.426. The van der Waals surface area contributed by atoms with Gasteiger partial charge in [0, 0.05) is 12.6 Å². The molecule has 1 aromatic rings. The van der Waals surface area contributed by atoms with Gasteiger partial charge in [0.25, 0.3) is 5.91 Å². The van der Waals surface area contributed by atoms with Gasteiger partial charge < -0.3 is 20.9 Å². The largest absolute Gasteiger partial charge is 0.507 e. The molecule has 1 aromatic carbocycles. The number of carbonyl (C=O) groups is 1. The molecule has 0 unspecified atom stereocenters. The zero-order chi connectivity index (χ0) is 12.5. The minimum Gasteiger partial charge on any atom is -0.507 e. The Hall–Kier alpha value is -1.75. The molecule has 1 aliphatic rings. The number of phenolic OH excluding ortho intramolecular Hbond substituents is 1. The van der Waals surface area contributed by atoms with Gasteiger partial charge in [0.1, 0.15) is 11.5 Å². The van der Waals surface area contributed by atoms with Gasteiger partial charge in [0.15, 0.2) is 0 Å². The Labute approximate surface area is 99.6 Å². The van der Waals surface area contributed by atoms with Crippen LogP contribution in [0.3, 0.4) is 0 Å². The summed E-state index contributed by atoms with van der Waals surface area (Å²) in [5, 5.41) is 12.6. The molecule has 0 spiro atoms. The van der Waals surface area contributed by atoms with E-state index in [1.807, 2.05) is 0 Å². The third-order valence-corrected chi connectivity index (χ3v) is 3.07. The summed E-state index contributed by atoms with van der Waals surface area (Å²) in [5.74, 6) is 0.127. The number of phenols is 1. The Morgan fingerprint density at radius 3 is 2.76 bits per heavy atom. The highest BCUT2D eigenvalue weighted by Crippen LogP contribution is 2.35. The van der Waals surface area contributed by atoms with Crippen LogP contribution in [0.15, 0.2) is 18.2 Å². The Kier molecular flexibility index (Phi) is 2.93. The second kappa shape index (κ2) is 4.25. The van der Waals surface area contributed by atoms with Gasteiger partial charge in [0.05, 0.1) is 18.2 Å². The van der Waals surface area contributed by atoms with E-state index in [-0.39, 0.29) is 22.8 Å². The number of benzene rings is 1. The van der Waals surface area contributed by atoms with Crippen LogP contribution in [-0.2, 0) is 0 Å². The third-order valence-electron chi connectivity index (χ3n) is 3.07. The van der Waals surface area contributed by atoms with Crippen molar-refractivity contribution in [2.24, 2.45) is 5.73 Å².